The molecule has 2 nitrogen and oxygen atoms in total. The molecule has 0 aromatic rings. The summed E-state index contributed by atoms with van der Waals surface area (Å²) in [7, 11) is 0. The van der Waals surface area contributed by atoms with Crippen molar-refractivity contribution in [3.05, 3.63) is 23.3 Å². The summed E-state index contributed by atoms with van der Waals surface area (Å²) in [6.07, 6.45) is 4.15. The smallest absolute Gasteiger partial charge is 0.335 e. The van der Waals surface area contributed by atoms with Gasteiger partial charge in [-0.15, -0.1) is 0 Å². The molecule has 0 fully saturated rings. The molecule has 0 heterocycles. The lowest BCUT2D eigenvalue weighted by Crippen LogP contribution is -2.00. The summed E-state index contributed by atoms with van der Waals surface area (Å²) in [6.45, 7) is 5.59. The summed E-state index contributed by atoms with van der Waals surface area (Å²) >= 11 is 0. The van der Waals surface area contributed by atoms with E-state index in [2.05, 4.69) is 0 Å². The zero-order valence-electron chi connectivity index (χ0n) is 7.22. The van der Waals surface area contributed by atoms with E-state index in [-0.39, 0.29) is 0 Å². The average Bonchev–Trinajstić information content (AvgIpc) is 1.98. The van der Waals surface area contributed by atoms with Crippen LogP contribution in [0.15, 0.2) is 23.3 Å². The second-order valence-corrected chi connectivity index (χ2v) is 2.35. The minimum absolute atomic E-state index is 0.412. The predicted octanol–water partition coefficient (Wildman–Crippen LogP) is 2.37. The Hall–Kier alpha value is -1.05. The first-order chi connectivity index (χ1) is 5.13. The van der Waals surface area contributed by atoms with Crippen molar-refractivity contribution in [2.45, 2.75) is 27.2 Å². The van der Waals surface area contributed by atoms with Gasteiger partial charge in [-0.05, 0) is 20.3 Å². The third kappa shape index (κ3) is 3.03. The van der Waals surface area contributed by atoms with E-state index in [1.807, 2.05) is 20.8 Å². The van der Waals surface area contributed by atoms with Gasteiger partial charge in [0.1, 0.15) is 0 Å². The van der Waals surface area contributed by atoms with Gasteiger partial charge in [0.05, 0.1) is 5.57 Å². The molecule has 62 valence electrons. The number of allylic oxidation sites excluding steroid dienone is 2. The molecule has 0 spiro atoms. The minimum atomic E-state index is -0.845. The zero-order chi connectivity index (χ0) is 8.85. The number of aliphatic carboxylic acids is 1. The third-order valence-corrected chi connectivity index (χ3v) is 1.55. The molecule has 0 atom stereocenters. The van der Waals surface area contributed by atoms with Crippen LogP contribution in [-0.4, -0.2) is 11.1 Å². The Labute approximate surface area is 67.2 Å². The van der Waals surface area contributed by atoms with Gasteiger partial charge in [-0.3, -0.25) is 0 Å². The predicted molar refractivity (Wildman–Crippen MR) is 45.4 cm³/mol. The van der Waals surface area contributed by atoms with E-state index < -0.39 is 5.97 Å². The molecule has 0 rings (SSSR count). The number of hydrogen-bond acceptors (Lipinski definition) is 1. The fourth-order valence-corrected chi connectivity index (χ4v) is 0.753. The van der Waals surface area contributed by atoms with Crippen LogP contribution in [0, 0.1) is 0 Å². The Morgan fingerprint density at radius 1 is 1.55 bits per heavy atom. The number of rotatable bonds is 3. The fourth-order valence-electron chi connectivity index (χ4n) is 0.753. The van der Waals surface area contributed by atoms with Gasteiger partial charge in [0, 0.05) is 0 Å². The Balaban J connectivity index is 4.72. The molecule has 0 bridgehead atoms. The topological polar surface area (TPSA) is 37.3 Å². The maximum atomic E-state index is 10.6. The van der Waals surface area contributed by atoms with Crippen LogP contribution in [0.2, 0.25) is 0 Å². The molecule has 0 saturated heterocycles. The Morgan fingerprint density at radius 2 is 2.09 bits per heavy atom. The van der Waals surface area contributed by atoms with Crippen molar-refractivity contribution < 1.29 is 9.90 Å². The van der Waals surface area contributed by atoms with E-state index in [0.29, 0.717) is 5.57 Å². The van der Waals surface area contributed by atoms with Gasteiger partial charge < -0.3 is 5.11 Å². The van der Waals surface area contributed by atoms with Crippen molar-refractivity contribution >= 4 is 5.97 Å². The monoisotopic (exact) mass is 154 g/mol. The van der Waals surface area contributed by atoms with E-state index in [0.717, 1.165) is 12.0 Å². The molecule has 0 amide bonds. The summed E-state index contributed by atoms with van der Waals surface area (Å²) in [5.41, 5.74) is 1.32. The van der Waals surface area contributed by atoms with Gasteiger partial charge in [0.25, 0.3) is 0 Å². The summed E-state index contributed by atoms with van der Waals surface area (Å²) in [4.78, 5) is 10.6. The third-order valence-electron chi connectivity index (χ3n) is 1.55. The molecule has 0 saturated carbocycles. The van der Waals surface area contributed by atoms with Crippen LogP contribution in [0.1, 0.15) is 27.2 Å². The summed E-state index contributed by atoms with van der Waals surface area (Å²) in [6, 6.07) is 0. The van der Waals surface area contributed by atoms with Crippen molar-refractivity contribution in [3.63, 3.8) is 0 Å². The van der Waals surface area contributed by atoms with Crippen molar-refractivity contribution in [2.24, 2.45) is 0 Å². The maximum Gasteiger partial charge on any atom is 0.335 e. The Kier molecular flexibility index (Phi) is 4.27. The zero-order valence-corrected chi connectivity index (χ0v) is 7.22. The van der Waals surface area contributed by atoms with Crippen LogP contribution in [0.4, 0.5) is 0 Å². The molecular weight excluding hydrogens is 140 g/mol. The number of hydrogen-bond donors (Lipinski definition) is 1. The molecule has 11 heavy (non-hydrogen) atoms. The highest BCUT2D eigenvalue weighted by atomic mass is 16.4. The van der Waals surface area contributed by atoms with Crippen LogP contribution in [0.25, 0.3) is 0 Å². The van der Waals surface area contributed by atoms with E-state index in [1.165, 1.54) is 0 Å². The number of carbonyl (C=O) groups is 1. The molecular formula is C9H14O2. The highest BCUT2D eigenvalue weighted by Gasteiger charge is 2.04. The van der Waals surface area contributed by atoms with Gasteiger partial charge >= 0.3 is 5.97 Å². The highest BCUT2D eigenvalue weighted by Crippen LogP contribution is 2.09. The van der Waals surface area contributed by atoms with Crippen molar-refractivity contribution in [3.8, 4) is 0 Å². The second-order valence-electron chi connectivity index (χ2n) is 2.35. The van der Waals surface area contributed by atoms with Crippen LogP contribution < -0.4 is 0 Å². The highest BCUT2D eigenvalue weighted by molar-refractivity contribution is 5.90. The van der Waals surface area contributed by atoms with Gasteiger partial charge in [-0.25, -0.2) is 4.79 Å². The van der Waals surface area contributed by atoms with Gasteiger partial charge in [-0.2, -0.15) is 0 Å². The lowest BCUT2D eigenvalue weighted by Gasteiger charge is -1.99. The largest absolute Gasteiger partial charge is 0.478 e. The van der Waals surface area contributed by atoms with Crippen molar-refractivity contribution in [1.82, 2.24) is 0 Å². The first-order valence-electron chi connectivity index (χ1n) is 3.69. The van der Waals surface area contributed by atoms with E-state index in [1.54, 1.807) is 12.2 Å². The van der Waals surface area contributed by atoms with E-state index >= 15 is 0 Å². The van der Waals surface area contributed by atoms with Crippen LogP contribution in [0.3, 0.4) is 0 Å². The maximum absolute atomic E-state index is 10.6. The standard InChI is InChI=1S/C9H14O2/c1-4-6-8(9(10)11)7(3)5-2/h4,6H,5H2,1-3H3,(H,10,11)/b6-4-,8-7+. The summed E-state index contributed by atoms with van der Waals surface area (Å²) in [5, 5.41) is 8.70. The molecule has 0 aliphatic heterocycles. The molecule has 0 unspecified atom stereocenters. The summed E-state index contributed by atoms with van der Waals surface area (Å²) < 4.78 is 0. The molecule has 0 radical (unpaired) electrons. The lowest BCUT2D eigenvalue weighted by atomic mass is 10.1. The van der Waals surface area contributed by atoms with Gasteiger partial charge in [0.15, 0.2) is 0 Å². The quantitative estimate of drug-likeness (QED) is 0.500. The average molecular weight is 154 g/mol. The summed E-state index contributed by atoms with van der Waals surface area (Å²) in [5.74, 6) is -0.845. The molecule has 0 aromatic heterocycles. The first kappa shape index (κ1) is 9.95. The first-order valence-corrected chi connectivity index (χ1v) is 3.69. The molecule has 1 N–H and O–H groups in total. The Morgan fingerprint density at radius 3 is 2.36 bits per heavy atom. The molecule has 2 heteroatoms. The van der Waals surface area contributed by atoms with Gasteiger partial charge in [-0.1, -0.05) is 24.6 Å². The second kappa shape index (κ2) is 4.72. The molecule has 0 aliphatic carbocycles. The van der Waals surface area contributed by atoms with Crippen molar-refractivity contribution in [2.75, 3.05) is 0 Å². The van der Waals surface area contributed by atoms with E-state index in [4.69, 9.17) is 5.11 Å². The normalized spacial score (nSPS) is 13.4. The van der Waals surface area contributed by atoms with Gasteiger partial charge in [0.2, 0.25) is 0 Å². The van der Waals surface area contributed by atoms with E-state index in [9.17, 15) is 4.79 Å². The SMILES string of the molecule is C/C=C\C(C(=O)O)=C(\C)CC. The van der Waals surface area contributed by atoms with Crippen LogP contribution >= 0.6 is 0 Å². The van der Waals surface area contributed by atoms with Crippen molar-refractivity contribution in [1.29, 1.82) is 0 Å². The molecule has 0 aromatic carbocycles. The van der Waals surface area contributed by atoms with Crippen LogP contribution in [0.5, 0.6) is 0 Å². The number of carboxylic acids is 1. The minimum Gasteiger partial charge on any atom is -0.478 e. The van der Waals surface area contributed by atoms with Crippen LogP contribution in [-0.2, 0) is 4.79 Å². The Bertz CT molecular complexity index is 200. The lowest BCUT2D eigenvalue weighted by molar-refractivity contribution is -0.132. The number of carboxylic acid groups (broad SMARTS) is 1. The molecule has 0 aliphatic rings. The fraction of sp³-hybridized carbons (Fsp3) is 0.444.